The van der Waals surface area contributed by atoms with Gasteiger partial charge in [0.05, 0.1) is 13.2 Å². The molecule has 0 amide bonds. The van der Waals surface area contributed by atoms with Crippen LogP contribution in [0, 0.1) is 11.8 Å². The second-order valence-electron chi connectivity index (χ2n) is 9.15. The molecular formula is C21H39N5OS. The van der Waals surface area contributed by atoms with Gasteiger partial charge in [-0.3, -0.25) is 9.80 Å². The largest absolute Gasteiger partial charge is 0.379 e. The van der Waals surface area contributed by atoms with Crippen LogP contribution in [0.15, 0.2) is 0 Å². The van der Waals surface area contributed by atoms with Crippen molar-refractivity contribution in [2.45, 2.75) is 38.1 Å². The zero-order valence-corrected chi connectivity index (χ0v) is 18.2. The van der Waals surface area contributed by atoms with E-state index in [0.29, 0.717) is 6.04 Å². The standard InChI is InChI=1S/C21H39N5OS/c28-21(22-5-9-24-10-12-27-13-11-24)23-15-20-14-18-4-8-26(20)17-19(18)16-25-6-2-1-3-7-25/h18-20H,1-17H2,(H2,22,23,28)/t18-,19-,20+/m0/s1. The van der Waals surface area contributed by atoms with Crippen LogP contribution in [0.25, 0.3) is 0 Å². The number of likely N-dealkylation sites (tertiary alicyclic amines) is 1. The molecule has 0 aliphatic carbocycles. The minimum absolute atomic E-state index is 0.662. The van der Waals surface area contributed by atoms with Crippen LogP contribution in [0.4, 0.5) is 0 Å². The van der Waals surface area contributed by atoms with E-state index in [9.17, 15) is 0 Å². The Kier molecular flexibility index (Phi) is 7.82. The molecule has 0 aromatic rings. The monoisotopic (exact) mass is 409 g/mol. The van der Waals surface area contributed by atoms with Gasteiger partial charge in [0.2, 0.25) is 0 Å². The zero-order valence-electron chi connectivity index (χ0n) is 17.4. The van der Waals surface area contributed by atoms with Crippen molar-refractivity contribution in [3.8, 4) is 0 Å². The molecule has 5 fully saturated rings. The number of morpholine rings is 1. The maximum Gasteiger partial charge on any atom is 0.166 e. The van der Waals surface area contributed by atoms with Gasteiger partial charge in [-0.25, -0.2) is 0 Å². The Balaban J connectivity index is 1.13. The summed E-state index contributed by atoms with van der Waals surface area (Å²) in [5, 5.41) is 7.71. The number of hydrogen-bond acceptors (Lipinski definition) is 5. The van der Waals surface area contributed by atoms with Crippen LogP contribution in [0.3, 0.4) is 0 Å². The van der Waals surface area contributed by atoms with Gasteiger partial charge in [0, 0.05) is 51.9 Å². The molecular weight excluding hydrogens is 370 g/mol. The lowest BCUT2D eigenvalue weighted by atomic mass is 9.75. The predicted molar refractivity (Wildman–Crippen MR) is 118 cm³/mol. The van der Waals surface area contributed by atoms with Gasteiger partial charge in [0.15, 0.2) is 5.11 Å². The normalized spacial score (nSPS) is 34.3. The molecule has 4 atom stereocenters. The van der Waals surface area contributed by atoms with Gasteiger partial charge in [-0.2, -0.15) is 0 Å². The Hall–Kier alpha value is -0.470. The van der Waals surface area contributed by atoms with E-state index < -0.39 is 0 Å². The van der Waals surface area contributed by atoms with Crippen molar-refractivity contribution >= 4 is 17.3 Å². The first kappa shape index (κ1) is 20.8. The molecule has 160 valence electrons. The van der Waals surface area contributed by atoms with Gasteiger partial charge >= 0.3 is 0 Å². The van der Waals surface area contributed by atoms with E-state index in [0.717, 1.165) is 62.9 Å². The topological polar surface area (TPSA) is 43.0 Å². The first-order valence-electron chi connectivity index (χ1n) is 11.6. The van der Waals surface area contributed by atoms with Crippen molar-refractivity contribution in [1.29, 1.82) is 0 Å². The van der Waals surface area contributed by atoms with E-state index in [1.54, 1.807) is 0 Å². The van der Waals surface area contributed by atoms with Crippen molar-refractivity contribution in [2.75, 3.05) is 78.7 Å². The highest BCUT2D eigenvalue weighted by Gasteiger charge is 2.40. The molecule has 0 spiro atoms. The number of ether oxygens (including phenoxy) is 1. The van der Waals surface area contributed by atoms with Crippen LogP contribution in [0.5, 0.6) is 0 Å². The molecule has 0 aromatic heterocycles. The highest BCUT2D eigenvalue weighted by molar-refractivity contribution is 7.80. The minimum Gasteiger partial charge on any atom is -0.379 e. The van der Waals surface area contributed by atoms with Crippen LogP contribution in [-0.2, 0) is 4.74 Å². The number of nitrogens with one attached hydrogen (secondary N) is 2. The fraction of sp³-hybridized carbons (Fsp3) is 0.952. The summed E-state index contributed by atoms with van der Waals surface area (Å²) < 4.78 is 5.40. The number of fused-ring (bicyclic) bond motifs is 3. The van der Waals surface area contributed by atoms with Crippen molar-refractivity contribution in [1.82, 2.24) is 25.3 Å². The smallest absolute Gasteiger partial charge is 0.166 e. The summed E-state index contributed by atoms with van der Waals surface area (Å²) in [6, 6.07) is 0.662. The quantitative estimate of drug-likeness (QED) is 0.608. The van der Waals surface area contributed by atoms with E-state index in [1.165, 1.54) is 64.8 Å². The lowest BCUT2D eigenvalue weighted by Crippen LogP contribution is -2.59. The molecule has 0 saturated carbocycles. The van der Waals surface area contributed by atoms with Crippen molar-refractivity contribution < 1.29 is 4.74 Å². The third kappa shape index (κ3) is 5.79. The zero-order chi connectivity index (χ0) is 19.2. The first-order chi connectivity index (χ1) is 13.8. The van der Waals surface area contributed by atoms with Crippen molar-refractivity contribution in [3.63, 3.8) is 0 Å². The molecule has 5 heterocycles. The van der Waals surface area contributed by atoms with Gasteiger partial charge in [-0.1, -0.05) is 6.42 Å². The maximum atomic E-state index is 5.52. The summed E-state index contributed by atoms with van der Waals surface area (Å²) >= 11 is 5.52. The number of rotatable bonds is 7. The molecule has 28 heavy (non-hydrogen) atoms. The minimum atomic E-state index is 0.662. The van der Waals surface area contributed by atoms with E-state index in [-0.39, 0.29) is 0 Å². The Morgan fingerprint density at radius 3 is 2.54 bits per heavy atom. The summed E-state index contributed by atoms with van der Waals surface area (Å²) in [7, 11) is 0. The summed E-state index contributed by atoms with van der Waals surface area (Å²) in [6.07, 6.45) is 7.00. The fourth-order valence-corrected chi connectivity index (χ4v) is 5.75. The van der Waals surface area contributed by atoms with Gasteiger partial charge in [-0.05, 0) is 69.4 Å². The van der Waals surface area contributed by atoms with Crippen LogP contribution < -0.4 is 10.6 Å². The second-order valence-corrected chi connectivity index (χ2v) is 9.55. The van der Waals surface area contributed by atoms with Crippen LogP contribution in [-0.4, -0.2) is 105 Å². The highest BCUT2D eigenvalue weighted by Crippen LogP contribution is 2.36. The second kappa shape index (κ2) is 10.5. The Morgan fingerprint density at radius 1 is 0.964 bits per heavy atom. The average Bonchev–Trinajstić information content (AvgIpc) is 2.74. The molecule has 1 unspecified atom stereocenters. The lowest BCUT2D eigenvalue weighted by Gasteiger charge is -2.51. The summed E-state index contributed by atoms with van der Waals surface area (Å²) in [4.78, 5) is 7.90. The fourth-order valence-electron chi connectivity index (χ4n) is 5.57. The van der Waals surface area contributed by atoms with Gasteiger partial charge < -0.3 is 20.3 Å². The van der Waals surface area contributed by atoms with E-state index >= 15 is 0 Å². The number of thiocarbonyl (C=S) groups is 1. The predicted octanol–water partition coefficient (Wildman–Crippen LogP) is 0.979. The molecule has 7 heteroatoms. The third-order valence-corrected chi connectivity index (χ3v) is 7.56. The van der Waals surface area contributed by atoms with Gasteiger partial charge in [-0.15, -0.1) is 0 Å². The average molecular weight is 410 g/mol. The lowest BCUT2D eigenvalue weighted by molar-refractivity contribution is -0.0124. The maximum absolute atomic E-state index is 5.52. The molecule has 5 aliphatic rings. The van der Waals surface area contributed by atoms with E-state index in [4.69, 9.17) is 17.0 Å². The third-order valence-electron chi connectivity index (χ3n) is 7.27. The Labute approximate surface area is 176 Å². The molecule has 5 aliphatic heterocycles. The first-order valence-corrected chi connectivity index (χ1v) is 12.0. The molecule has 5 rings (SSSR count). The molecule has 0 aromatic carbocycles. The summed E-state index contributed by atoms with van der Waals surface area (Å²) in [6.45, 7) is 13.3. The SMILES string of the molecule is S=C(NCCN1CCOCC1)NC[C@H]1C[C@@H]2CCN1C[C@@H]2CN1CCCCC1. The molecule has 6 nitrogen and oxygen atoms in total. The van der Waals surface area contributed by atoms with Crippen LogP contribution in [0.2, 0.25) is 0 Å². The summed E-state index contributed by atoms with van der Waals surface area (Å²) in [5.74, 6) is 1.81. The van der Waals surface area contributed by atoms with E-state index in [2.05, 4.69) is 25.3 Å². The van der Waals surface area contributed by atoms with Gasteiger partial charge in [0.25, 0.3) is 0 Å². The highest BCUT2D eigenvalue weighted by atomic mass is 32.1. The Bertz CT molecular complexity index is 495. The van der Waals surface area contributed by atoms with E-state index in [1.807, 2.05) is 0 Å². The number of nitrogens with zero attached hydrogens (tertiary/aromatic N) is 3. The summed E-state index contributed by atoms with van der Waals surface area (Å²) in [5.41, 5.74) is 0. The van der Waals surface area contributed by atoms with Crippen molar-refractivity contribution in [2.24, 2.45) is 11.8 Å². The Morgan fingerprint density at radius 2 is 1.79 bits per heavy atom. The molecule has 5 saturated heterocycles. The van der Waals surface area contributed by atoms with Crippen molar-refractivity contribution in [3.05, 3.63) is 0 Å². The molecule has 2 N–H and O–H groups in total. The van der Waals surface area contributed by atoms with Crippen LogP contribution >= 0.6 is 12.2 Å². The number of hydrogen-bond donors (Lipinski definition) is 2. The molecule has 2 bridgehead atoms. The molecule has 0 radical (unpaired) electrons. The van der Waals surface area contributed by atoms with Gasteiger partial charge in [0.1, 0.15) is 0 Å². The van der Waals surface area contributed by atoms with Crippen LogP contribution in [0.1, 0.15) is 32.1 Å². The number of piperidine rings is 4.